The van der Waals surface area contributed by atoms with Gasteiger partial charge in [0.25, 0.3) is 0 Å². The third kappa shape index (κ3) is 11.3. The Morgan fingerprint density at radius 1 is 1.10 bits per heavy atom. The zero-order chi connectivity index (χ0) is 23.4. The summed E-state index contributed by atoms with van der Waals surface area (Å²) >= 11 is 0. The maximum Gasteiger partial charge on any atom is 0.318 e. The van der Waals surface area contributed by atoms with Crippen LogP contribution in [0.3, 0.4) is 0 Å². The number of carbonyl (C=O) groups is 3. The molecule has 1 amide bonds. The van der Waals surface area contributed by atoms with Crippen LogP contribution in [0.15, 0.2) is 36.4 Å². The molecule has 31 heavy (non-hydrogen) atoms. The van der Waals surface area contributed by atoms with Crippen LogP contribution in [0.5, 0.6) is 0 Å². The fourth-order valence-corrected chi connectivity index (χ4v) is 3.00. The zero-order valence-electron chi connectivity index (χ0n) is 19.0. The van der Waals surface area contributed by atoms with E-state index in [9.17, 15) is 14.4 Å². The van der Waals surface area contributed by atoms with Gasteiger partial charge in [0.15, 0.2) is 0 Å². The highest BCUT2D eigenvalue weighted by Gasteiger charge is 2.36. The average Bonchev–Trinajstić information content (AvgIpc) is 2.66. The summed E-state index contributed by atoms with van der Waals surface area (Å²) < 4.78 is 5.61. The molecule has 1 aromatic rings. The Hall–Kier alpha value is -2.71. The van der Waals surface area contributed by atoms with Crippen LogP contribution in [-0.4, -0.2) is 35.1 Å². The first-order chi connectivity index (χ1) is 14.5. The van der Waals surface area contributed by atoms with Gasteiger partial charge in [0.1, 0.15) is 12.1 Å². The minimum absolute atomic E-state index is 0.158. The van der Waals surface area contributed by atoms with E-state index < -0.39 is 35.3 Å². The number of carboxylic acid groups (broad SMARTS) is 1. The molecule has 0 radical (unpaired) electrons. The van der Waals surface area contributed by atoms with Crippen LogP contribution < -0.4 is 16.4 Å². The molecule has 0 spiro atoms. The number of nitrogens with one attached hydrogen (secondary N) is 3. The number of allylic oxidation sites excluding steroid dienone is 1. The number of ether oxygens (including phenoxy) is 1. The normalized spacial score (nSPS) is 13.7. The summed E-state index contributed by atoms with van der Waals surface area (Å²) in [6.07, 6.45) is 4.59. The summed E-state index contributed by atoms with van der Waals surface area (Å²) in [4.78, 5) is 36.5. The predicted octanol–water partition coefficient (Wildman–Crippen LogP) is 2.92. The molecule has 2 atom stereocenters. The molecule has 1 aromatic carbocycles. The zero-order valence-corrected chi connectivity index (χ0v) is 19.0. The minimum atomic E-state index is -1.07. The summed E-state index contributed by atoms with van der Waals surface area (Å²) in [6.45, 7) is 8.94. The second-order valence-corrected chi connectivity index (χ2v) is 8.79. The summed E-state index contributed by atoms with van der Waals surface area (Å²) in [5, 5.41) is 8.68. The average molecular weight is 434 g/mol. The summed E-state index contributed by atoms with van der Waals surface area (Å²) in [7, 11) is 0. The van der Waals surface area contributed by atoms with E-state index in [4.69, 9.17) is 9.84 Å². The molecule has 0 aliphatic carbocycles. The molecular weight excluding hydrogens is 398 g/mol. The fraction of sp³-hybridized carbons (Fsp3) is 0.522. The minimum Gasteiger partial charge on any atom is -0.480 e. The largest absolute Gasteiger partial charge is 0.480 e. The number of rotatable bonds is 12. The van der Waals surface area contributed by atoms with Gasteiger partial charge in [-0.25, -0.2) is 5.43 Å². The maximum absolute atomic E-state index is 13.0. The molecule has 172 valence electrons. The van der Waals surface area contributed by atoms with Gasteiger partial charge in [-0.15, -0.1) is 0 Å². The van der Waals surface area contributed by atoms with Gasteiger partial charge in [-0.2, -0.15) is 5.53 Å². The second kappa shape index (κ2) is 12.9. The number of carboxylic acids is 1. The first kappa shape index (κ1) is 26.3. The lowest BCUT2D eigenvalue weighted by atomic mass is 9.82. The Kier molecular flexibility index (Phi) is 10.9. The number of hydrogen-bond donors (Lipinski definition) is 4. The number of carbonyl (C=O) groups excluding carboxylic acids is 2. The topological polar surface area (TPSA) is 117 Å². The van der Waals surface area contributed by atoms with E-state index in [1.807, 2.05) is 56.3 Å². The number of hydrogen-bond acceptors (Lipinski definition) is 6. The van der Waals surface area contributed by atoms with Crippen molar-refractivity contribution in [1.29, 1.82) is 0 Å². The molecular formula is C23H35N3O5. The van der Waals surface area contributed by atoms with Crippen molar-refractivity contribution in [1.82, 2.24) is 16.4 Å². The van der Waals surface area contributed by atoms with Gasteiger partial charge >= 0.3 is 11.9 Å². The number of hydrazine groups is 2. The standard InChI is InChI=1S/C23H35N3O5/c1-16(2)14-19(21(29)25-26-24-15-20(27)28)18(22(30)31-23(3,4)5)13-9-12-17-10-7-6-8-11-17/h6-12,16,18-19,24,26H,13-15H2,1-5H3,(H,25,29)(H,27,28)/t18-,19+/m0/s1. The predicted molar refractivity (Wildman–Crippen MR) is 119 cm³/mol. The third-order valence-corrected chi connectivity index (χ3v) is 4.27. The molecule has 0 aromatic heterocycles. The van der Waals surface area contributed by atoms with Crippen molar-refractivity contribution >= 4 is 23.9 Å². The van der Waals surface area contributed by atoms with Crippen LogP contribution in [0.25, 0.3) is 6.08 Å². The van der Waals surface area contributed by atoms with Gasteiger partial charge in [-0.1, -0.05) is 56.3 Å². The Morgan fingerprint density at radius 2 is 1.74 bits per heavy atom. The van der Waals surface area contributed by atoms with Gasteiger partial charge in [0.2, 0.25) is 5.91 Å². The van der Waals surface area contributed by atoms with E-state index in [1.54, 1.807) is 20.8 Å². The molecule has 0 saturated carbocycles. The Balaban J connectivity index is 3.02. The number of aliphatic carboxylic acids is 1. The Morgan fingerprint density at radius 3 is 2.29 bits per heavy atom. The summed E-state index contributed by atoms with van der Waals surface area (Å²) in [5.41, 5.74) is 7.54. The third-order valence-electron chi connectivity index (χ3n) is 4.27. The molecule has 0 saturated heterocycles. The monoisotopic (exact) mass is 433 g/mol. The van der Waals surface area contributed by atoms with Gasteiger partial charge < -0.3 is 9.84 Å². The van der Waals surface area contributed by atoms with Crippen molar-refractivity contribution in [2.24, 2.45) is 17.8 Å². The molecule has 0 fully saturated rings. The summed E-state index contributed by atoms with van der Waals surface area (Å²) in [5.74, 6) is -3.11. The number of benzene rings is 1. The molecule has 0 bridgehead atoms. The van der Waals surface area contributed by atoms with Gasteiger partial charge in [-0.05, 0) is 45.1 Å². The maximum atomic E-state index is 13.0. The first-order valence-corrected chi connectivity index (χ1v) is 10.4. The SMILES string of the molecule is CC(C)C[C@@H](C(=O)NNNCC(=O)O)[C@H](CC=Cc1ccccc1)C(=O)OC(C)(C)C. The number of esters is 1. The molecule has 8 heteroatoms. The molecule has 0 heterocycles. The van der Waals surface area contributed by atoms with Crippen LogP contribution in [0.4, 0.5) is 0 Å². The van der Waals surface area contributed by atoms with Crippen molar-refractivity contribution in [3.63, 3.8) is 0 Å². The van der Waals surface area contributed by atoms with Crippen molar-refractivity contribution in [2.45, 2.75) is 53.1 Å². The quantitative estimate of drug-likeness (QED) is 0.227. The van der Waals surface area contributed by atoms with E-state index in [1.165, 1.54) is 0 Å². The fourth-order valence-electron chi connectivity index (χ4n) is 3.00. The van der Waals surface area contributed by atoms with Crippen LogP contribution in [-0.2, 0) is 19.1 Å². The van der Waals surface area contributed by atoms with E-state index in [2.05, 4.69) is 16.4 Å². The summed E-state index contributed by atoms with van der Waals surface area (Å²) in [6, 6.07) is 9.69. The first-order valence-electron chi connectivity index (χ1n) is 10.4. The Labute approximate surface area is 184 Å². The van der Waals surface area contributed by atoms with Crippen LogP contribution >= 0.6 is 0 Å². The van der Waals surface area contributed by atoms with E-state index in [0.29, 0.717) is 12.8 Å². The molecule has 1 rings (SSSR count). The lowest BCUT2D eigenvalue weighted by molar-refractivity contribution is -0.164. The van der Waals surface area contributed by atoms with Gasteiger partial charge in [0, 0.05) is 0 Å². The smallest absolute Gasteiger partial charge is 0.318 e. The molecule has 0 aliphatic heterocycles. The highest BCUT2D eigenvalue weighted by molar-refractivity contribution is 5.85. The lowest BCUT2D eigenvalue weighted by Gasteiger charge is -2.29. The second-order valence-electron chi connectivity index (χ2n) is 8.79. The highest BCUT2D eigenvalue weighted by Crippen LogP contribution is 2.28. The lowest BCUT2D eigenvalue weighted by Crippen LogP contribution is -2.52. The van der Waals surface area contributed by atoms with Crippen molar-refractivity contribution in [2.75, 3.05) is 6.54 Å². The van der Waals surface area contributed by atoms with Crippen molar-refractivity contribution in [3.05, 3.63) is 42.0 Å². The molecule has 0 aliphatic rings. The Bertz CT molecular complexity index is 741. The molecule has 8 nitrogen and oxygen atoms in total. The molecule has 4 N–H and O–H groups in total. The van der Waals surface area contributed by atoms with Crippen LogP contribution in [0, 0.1) is 17.8 Å². The van der Waals surface area contributed by atoms with Crippen molar-refractivity contribution in [3.8, 4) is 0 Å². The molecule has 0 unspecified atom stereocenters. The van der Waals surface area contributed by atoms with Crippen LogP contribution in [0.2, 0.25) is 0 Å². The van der Waals surface area contributed by atoms with E-state index in [0.717, 1.165) is 5.56 Å². The van der Waals surface area contributed by atoms with E-state index >= 15 is 0 Å². The van der Waals surface area contributed by atoms with Crippen molar-refractivity contribution < 1.29 is 24.2 Å². The number of amides is 1. The van der Waals surface area contributed by atoms with Gasteiger partial charge in [-0.3, -0.25) is 19.8 Å². The van der Waals surface area contributed by atoms with Gasteiger partial charge in [0.05, 0.1) is 11.8 Å². The highest BCUT2D eigenvalue weighted by atomic mass is 16.6. The van der Waals surface area contributed by atoms with Crippen LogP contribution in [0.1, 0.15) is 53.0 Å². The van der Waals surface area contributed by atoms with E-state index in [-0.39, 0.29) is 12.5 Å².